The molecule has 0 spiro atoms. The summed E-state index contributed by atoms with van der Waals surface area (Å²) in [4.78, 5) is 24.9. The van der Waals surface area contributed by atoms with Gasteiger partial charge in [0.05, 0.1) is 11.9 Å². The van der Waals surface area contributed by atoms with E-state index in [2.05, 4.69) is 20.3 Å². The zero-order valence-corrected chi connectivity index (χ0v) is 18.2. The Morgan fingerprint density at radius 2 is 1.97 bits per heavy atom. The zero-order chi connectivity index (χ0) is 22.6. The number of carbonyl (C=O) groups is 1. The molecule has 3 aromatic rings. The number of aryl methyl sites for hydroxylation is 2. The standard InChI is InChI=1S/C22H23ClFN5O2/c1-22(2,3)29(21(30)31)17-9-10-25-15(12-17)8-7-14-5-4-6-16(11-14)27-19-18(24)13-26-20(23)28-19/h4-6,9-13H,7-8H2,1-3H3,(H,30,31)(H,26,27,28). The van der Waals surface area contributed by atoms with Crippen LogP contribution in [0, 0.1) is 5.82 Å². The number of halogens is 2. The second kappa shape index (κ2) is 9.26. The average molecular weight is 444 g/mol. The van der Waals surface area contributed by atoms with Crippen molar-refractivity contribution >= 4 is 34.9 Å². The van der Waals surface area contributed by atoms with Crippen LogP contribution in [0.15, 0.2) is 48.8 Å². The molecule has 2 heterocycles. The summed E-state index contributed by atoms with van der Waals surface area (Å²) in [5.41, 5.74) is 2.45. The van der Waals surface area contributed by atoms with Gasteiger partial charge < -0.3 is 10.4 Å². The summed E-state index contributed by atoms with van der Waals surface area (Å²) in [7, 11) is 0. The van der Waals surface area contributed by atoms with Gasteiger partial charge in [-0.1, -0.05) is 12.1 Å². The Labute approximate surface area is 184 Å². The third kappa shape index (κ3) is 5.88. The van der Waals surface area contributed by atoms with Gasteiger partial charge >= 0.3 is 6.09 Å². The first-order valence-electron chi connectivity index (χ1n) is 9.65. The van der Waals surface area contributed by atoms with Crippen LogP contribution in [0.2, 0.25) is 5.28 Å². The van der Waals surface area contributed by atoms with Crippen LogP contribution in [-0.4, -0.2) is 31.7 Å². The molecule has 2 aromatic heterocycles. The Bertz CT molecular complexity index is 1090. The number of amides is 1. The van der Waals surface area contributed by atoms with Crippen LogP contribution in [0.5, 0.6) is 0 Å². The molecule has 0 saturated carbocycles. The molecule has 0 aliphatic rings. The minimum Gasteiger partial charge on any atom is -0.465 e. The first-order chi connectivity index (χ1) is 14.6. The van der Waals surface area contributed by atoms with Crippen molar-refractivity contribution in [2.75, 3.05) is 10.2 Å². The van der Waals surface area contributed by atoms with E-state index in [0.717, 1.165) is 17.5 Å². The van der Waals surface area contributed by atoms with Crippen molar-refractivity contribution in [1.82, 2.24) is 15.0 Å². The van der Waals surface area contributed by atoms with E-state index in [4.69, 9.17) is 11.6 Å². The van der Waals surface area contributed by atoms with Crippen molar-refractivity contribution in [2.24, 2.45) is 0 Å². The Balaban J connectivity index is 1.73. The van der Waals surface area contributed by atoms with Crippen molar-refractivity contribution in [3.8, 4) is 0 Å². The summed E-state index contributed by atoms with van der Waals surface area (Å²) in [6.45, 7) is 5.52. The summed E-state index contributed by atoms with van der Waals surface area (Å²) in [5, 5.41) is 12.5. The van der Waals surface area contributed by atoms with Gasteiger partial charge in [0.1, 0.15) is 0 Å². The highest BCUT2D eigenvalue weighted by atomic mass is 35.5. The quantitative estimate of drug-likeness (QED) is 0.490. The van der Waals surface area contributed by atoms with Crippen LogP contribution in [0.4, 0.5) is 26.4 Å². The lowest BCUT2D eigenvalue weighted by Crippen LogP contribution is -2.45. The number of benzene rings is 1. The molecule has 0 fully saturated rings. The lowest BCUT2D eigenvalue weighted by atomic mass is 10.0. The predicted octanol–water partition coefficient (Wildman–Crippen LogP) is 5.48. The molecule has 0 radical (unpaired) electrons. The number of hydrogen-bond acceptors (Lipinski definition) is 5. The van der Waals surface area contributed by atoms with E-state index in [1.807, 2.05) is 39.0 Å². The van der Waals surface area contributed by atoms with Crippen LogP contribution >= 0.6 is 11.6 Å². The molecule has 0 aliphatic carbocycles. The molecule has 7 nitrogen and oxygen atoms in total. The predicted molar refractivity (Wildman–Crippen MR) is 119 cm³/mol. The van der Waals surface area contributed by atoms with Crippen molar-refractivity contribution in [3.63, 3.8) is 0 Å². The van der Waals surface area contributed by atoms with Crippen molar-refractivity contribution in [2.45, 2.75) is 39.2 Å². The molecule has 31 heavy (non-hydrogen) atoms. The molecular formula is C22H23ClFN5O2. The molecule has 3 rings (SSSR count). The normalized spacial score (nSPS) is 11.3. The highest BCUT2D eigenvalue weighted by Crippen LogP contribution is 2.25. The van der Waals surface area contributed by atoms with Gasteiger partial charge in [0.25, 0.3) is 0 Å². The molecule has 0 unspecified atom stereocenters. The van der Waals surface area contributed by atoms with Crippen molar-refractivity contribution in [1.29, 1.82) is 0 Å². The maximum atomic E-state index is 13.9. The number of nitrogens with zero attached hydrogens (tertiary/aromatic N) is 4. The van der Waals surface area contributed by atoms with Gasteiger partial charge in [-0.15, -0.1) is 0 Å². The summed E-state index contributed by atoms with van der Waals surface area (Å²) >= 11 is 5.74. The fourth-order valence-electron chi connectivity index (χ4n) is 3.17. The number of aromatic nitrogens is 3. The number of hydrogen-bond donors (Lipinski definition) is 2. The Morgan fingerprint density at radius 3 is 2.68 bits per heavy atom. The van der Waals surface area contributed by atoms with Crippen molar-refractivity contribution in [3.05, 3.63) is 71.2 Å². The van der Waals surface area contributed by atoms with E-state index in [0.29, 0.717) is 24.2 Å². The van der Waals surface area contributed by atoms with Gasteiger partial charge in [0.15, 0.2) is 11.6 Å². The van der Waals surface area contributed by atoms with E-state index in [1.165, 1.54) is 4.90 Å². The number of nitrogens with one attached hydrogen (secondary N) is 1. The molecule has 1 amide bonds. The largest absolute Gasteiger partial charge is 0.465 e. The van der Waals surface area contributed by atoms with Crippen LogP contribution in [0.1, 0.15) is 32.0 Å². The number of rotatable bonds is 6. The van der Waals surface area contributed by atoms with Gasteiger partial charge in [-0.25, -0.2) is 14.2 Å². The van der Waals surface area contributed by atoms with E-state index in [1.54, 1.807) is 24.4 Å². The minimum atomic E-state index is -1.01. The highest BCUT2D eigenvalue weighted by molar-refractivity contribution is 6.28. The highest BCUT2D eigenvalue weighted by Gasteiger charge is 2.28. The van der Waals surface area contributed by atoms with E-state index >= 15 is 0 Å². The van der Waals surface area contributed by atoms with E-state index < -0.39 is 17.4 Å². The first-order valence-corrected chi connectivity index (χ1v) is 10.0. The smallest absolute Gasteiger partial charge is 0.412 e. The molecule has 0 saturated heterocycles. The Kier molecular flexibility index (Phi) is 6.70. The molecule has 0 aliphatic heterocycles. The minimum absolute atomic E-state index is 0.00228. The van der Waals surface area contributed by atoms with Crippen molar-refractivity contribution < 1.29 is 14.3 Å². The molecule has 0 bridgehead atoms. The molecule has 1 aromatic carbocycles. The second-order valence-electron chi connectivity index (χ2n) is 7.96. The van der Waals surface area contributed by atoms with Gasteiger partial charge in [-0.2, -0.15) is 4.98 Å². The SMILES string of the molecule is CC(C)(C)N(C(=O)O)c1ccnc(CCc2cccc(Nc3nc(Cl)ncc3F)c2)c1. The van der Waals surface area contributed by atoms with E-state index in [9.17, 15) is 14.3 Å². The molecule has 162 valence electrons. The summed E-state index contributed by atoms with van der Waals surface area (Å²) in [6, 6.07) is 11.0. The zero-order valence-electron chi connectivity index (χ0n) is 17.4. The lowest BCUT2D eigenvalue weighted by molar-refractivity contribution is 0.195. The fourth-order valence-corrected chi connectivity index (χ4v) is 3.31. The third-order valence-corrected chi connectivity index (χ3v) is 4.68. The fraction of sp³-hybridized carbons (Fsp3) is 0.273. The average Bonchev–Trinajstić information content (AvgIpc) is 2.68. The van der Waals surface area contributed by atoms with Gasteiger partial charge in [0, 0.05) is 23.1 Å². The number of carboxylic acid groups (broad SMARTS) is 1. The van der Waals surface area contributed by atoms with E-state index in [-0.39, 0.29) is 11.1 Å². The number of pyridine rings is 1. The second-order valence-corrected chi connectivity index (χ2v) is 8.29. The summed E-state index contributed by atoms with van der Waals surface area (Å²) in [5.74, 6) is -0.597. The van der Waals surface area contributed by atoms with Crippen LogP contribution in [-0.2, 0) is 12.8 Å². The first kappa shape index (κ1) is 22.4. The van der Waals surface area contributed by atoms with Gasteiger partial charge in [-0.05, 0) is 75.0 Å². The van der Waals surface area contributed by atoms with Gasteiger partial charge in [-0.3, -0.25) is 9.88 Å². The molecule has 9 heteroatoms. The molecule has 0 atom stereocenters. The van der Waals surface area contributed by atoms with Crippen LogP contribution < -0.4 is 10.2 Å². The topological polar surface area (TPSA) is 91.2 Å². The van der Waals surface area contributed by atoms with Crippen LogP contribution in [0.25, 0.3) is 0 Å². The maximum absolute atomic E-state index is 13.9. The molecule has 2 N–H and O–H groups in total. The third-order valence-electron chi connectivity index (χ3n) is 4.49. The molecular weight excluding hydrogens is 421 g/mol. The lowest BCUT2D eigenvalue weighted by Gasteiger charge is -2.33. The maximum Gasteiger partial charge on any atom is 0.412 e. The monoisotopic (exact) mass is 443 g/mol. The summed E-state index contributed by atoms with van der Waals surface area (Å²) in [6.07, 6.45) is 2.90. The number of anilines is 3. The van der Waals surface area contributed by atoms with Crippen LogP contribution in [0.3, 0.4) is 0 Å². The Morgan fingerprint density at radius 1 is 1.19 bits per heavy atom. The Hall–Kier alpha value is -3.26. The summed E-state index contributed by atoms with van der Waals surface area (Å²) < 4.78 is 13.9. The van der Waals surface area contributed by atoms with Gasteiger partial charge in [0.2, 0.25) is 5.28 Å².